The zero-order chi connectivity index (χ0) is 15.2. The summed E-state index contributed by atoms with van der Waals surface area (Å²) >= 11 is 12.5. The number of methoxy groups -OCH3 is 1. The van der Waals surface area contributed by atoms with Gasteiger partial charge in [-0.3, -0.25) is 0 Å². The Bertz CT molecular complexity index is 614. The second kappa shape index (κ2) is 7.69. The molecule has 0 amide bonds. The lowest BCUT2D eigenvalue weighted by Crippen LogP contribution is -2.13. The lowest BCUT2D eigenvalue weighted by molar-refractivity contribution is 0.416. The molecule has 0 aliphatic carbocycles. The van der Waals surface area contributed by atoms with Crippen LogP contribution >= 0.6 is 23.2 Å². The van der Waals surface area contributed by atoms with Crippen LogP contribution in [-0.4, -0.2) is 13.7 Å². The van der Waals surface area contributed by atoms with Gasteiger partial charge in [-0.25, -0.2) is 0 Å². The summed E-state index contributed by atoms with van der Waals surface area (Å²) in [5.41, 5.74) is 3.00. The standard InChI is InChI=1S/C17H19Cl2NO/c1-3-8-20-11-12-4-6-14(16(19)9-12)15-10-13(18)5-7-17(15)21-2/h4-7,9-10,20H,3,8,11H2,1-2H3. The van der Waals surface area contributed by atoms with Gasteiger partial charge in [0, 0.05) is 27.7 Å². The van der Waals surface area contributed by atoms with Crippen LogP contribution in [-0.2, 0) is 6.54 Å². The Hall–Kier alpha value is -1.22. The summed E-state index contributed by atoms with van der Waals surface area (Å²) in [6.07, 6.45) is 1.12. The van der Waals surface area contributed by atoms with Gasteiger partial charge in [0.1, 0.15) is 5.75 Å². The highest BCUT2D eigenvalue weighted by molar-refractivity contribution is 6.34. The van der Waals surface area contributed by atoms with E-state index >= 15 is 0 Å². The largest absolute Gasteiger partial charge is 0.496 e. The molecule has 2 aromatic carbocycles. The topological polar surface area (TPSA) is 21.3 Å². The van der Waals surface area contributed by atoms with E-state index in [1.54, 1.807) is 13.2 Å². The molecule has 0 spiro atoms. The van der Waals surface area contributed by atoms with E-state index in [1.807, 2.05) is 24.3 Å². The third kappa shape index (κ3) is 4.13. The van der Waals surface area contributed by atoms with Crippen molar-refractivity contribution in [3.63, 3.8) is 0 Å². The number of ether oxygens (including phenoxy) is 1. The van der Waals surface area contributed by atoms with E-state index in [0.29, 0.717) is 10.0 Å². The van der Waals surface area contributed by atoms with Crippen molar-refractivity contribution in [2.24, 2.45) is 0 Å². The second-order valence-corrected chi connectivity index (χ2v) is 5.68. The molecule has 2 aromatic rings. The van der Waals surface area contributed by atoms with E-state index < -0.39 is 0 Å². The number of hydrogen-bond acceptors (Lipinski definition) is 2. The van der Waals surface area contributed by atoms with E-state index in [-0.39, 0.29) is 0 Å². The zero-order valence-electron chi connectivity index (χ0n) is 12.2. The summed E-state index contributed by atoms with van der Waals surface area (Å²) in [5, 5.41) is 4.73. The quantitative estimate of drug-likeness (QED) is 0.740. The third-order valence-electron chi connectivity index (χ3n) is 3.24. The molecule has 2 nitrogen and oxygen atoms in total. The first-order valence-corrected chi connectivity index (χ1v) is 7.74. The van der Waals surface area contributed by atoms with Crippen LogP contribution < -0.4 is 10.1 Å². The van der Waals surface area contributed by atoms with Crippen molar-refractivity contribution in [1.82, 2.24) is 5.32 Å². The lowest BCUT2D eigenvalue weighted by atomic mass is 10.0. The van der Waals surface area contributed by atoms with E-state index in [4.69, 9.17) is 27.9 Å². The fourth-order valence-electron chi connectivity index (χ4n) is 2.19. The van der Waals surface area contributed by atoms with Gasteiger partial charge in [0.2, 0.25) is 0 Å². The van der Waals surface area contributed by atoms with Gasteiger partial charge in [0.15, 0.2) is 0 Å². The van der Waals surface area contributed by atoms with Crippen molar-refractivity contribution in [2.75, 3.05) is 13.7 Å². The Morgan fingerprint density at radius 1 is 1.05 bits per heavy atom. The zero-order valence-corrected chi connectivity index (χ0v) is 13.8. The maximum Gasteiger partial charge on any atom is 0.126 e. The summed E-state index contributed by atoms with van der Waals surface area (Å²) in [4.78, 5) is 0. The van der Waals surface area contributed by atoms with Gasteiger partial charge in [-0.15, -0.1) is 0 Å². The van der Waals surface area contributed by atoms with Crippen LogP contribution in [0.5, 0.6) is 5.75 Å². The van der Waals surface area contributed by atoms with Crippen LogP contribution in [0.1, 0.15) is 18.9 Å². The Labute approximate surface area is 136 Å². The van der Waals surface area contributed by atoms with Crippen molar-refractivity contribution in [3.8, 4) is 16.9 Å². The molecular weight excluding hydrogens is 305 g/mol. The van der Waals surface area contributed by atoms with Crippen LogP contribution in [0.3, 0.4) is 0 Å². The molecule has 0 radical (unpaired) electrons. The molecule has 1 N–H and O–H groups in total. The first kappa shape index (κ1) is 16.2. The molecule has 0 aliphatic rings. The number of rotatable bonds is 6. The van der Waals surface area contributed by atoms with Crippen molar-refractivity contribution in [1.29, 1.82) is 0 Å². The van der Waals surface area contributed by atoms with Gasteiger partial charge < -0.3 is 10.1 Å². The van der Waals surface area contributed by atoms with Crippen molar-refractivity contribution < 1.29 is 4.74 Å². The molecule has 21 heavy (non-hydrogen) atoms. The number of hydrogen-bond donors (Lipinski definition) is 1. The van der Waals surface area contributed by atoms with Crippen LogP contribution in [0.4, 0.5) is 0 Å². The van der Waals surface area contributed by atoms with Gasteiger partial charge >= 0.3 is 0 Å². The molecule has 0 fully saturated rings. The van der Waals surface area contributed by atoms with Gasteiger partial charge in [-0.05, 0) is 42.8 Å². The number of halogens is 2. The highest BCUT2D eigenvalue weighted by atomic mass is 35.5. The van der Waals surface area contributed by atoms with Gasteiger partial charge in [-0.1, -0.05) is 42.3 Å². The van der Waals surface area contributed by atoms with Gasteiger partial charge in [-0.2, -0.15) is 0 Å². The molecule has 0 aliphatic heterocycles. The molecule has 0 aromatic heterocycles. The maximum absolute atomic E-state index is 6.43. The Balaban J connectivity index is 2.30. The van der Waals surface area contributed by atoms with Gasteiger partial charge in [0.05, 0.1) is 7.11 Å². The Morgan fingerprint density at radius 3 is 2.52 bits per heavy atom. The first-order valence-electron chi connectivity index (χ1n) is 6.98. The molecule has 4 heteroatoms. The Morgan fingerprint density at radius 2 is 1.86 bits per heavy atom. The summed E-state index contributed by atoms with van der Waals surface area (Å²) in [7, 11) is 1.64. The molecule has 2 rings (SSSR count). The molecule has 0 saturated carbocycles. The van der Waals surface area contributed by atoms with E-state index in [9.17, 15) is 0 Å². The molecule has 112 valence electrons. The maximum atomic E-state index is 6.43. The number of nitrogens with one attached hydrogen (secondary N) is 1. The van der Waals surface area contributed by atoms with Gasteiger partial charge in [0.25, 0.3) is 0 Å². The highest BCUT2D eigenvalue weighted by Crippen LogP contribution is 2.36. The fourth-order valence-corrected chi connectivity index (χ4v) is 2.66. The van der Waals surface area contributed by atoms with E-state index in [1.165, 1.54) is 0 Å². The van der Waals surface area contributed by atoms with Crippen LogP contribution in [0.15, 0.2) is 36.4 Å². The minimum Gasteiger partial charge on any atom is -0.496 e. The molecule has 0 bridgehead atoms. The van der Waals surface area contributed by atoms with Crippen LogP contribution in [0.2, 0.25) is 10.0 Å². The minimum atomic E-state index is 0.663. The summed E-state index contributed by atoms with van der Waals surface area (Å²) in [5.74, 6) is 0.762. The van der Waals surface area contributed by atoms with Crippen molar-refractivity contribution in [3.05, 3.63) is 52.0 Å². The first-order chi connectivity index (χ1) is 10.2. The SMILES string of the molecule is CCCNCc1ccc(-c2cc(Cl)ccc2OC)c(Cl)c1. The Kier molecular flexibility index (Phi) is 5.92. The molecule has 0 heterocycles. The van der Waals surface area contributed by atoms with Crippen molar-refractivity contribution >= 4 is 23.2 Å². The van der Waals surface area contributed by atoms with E-state index in [2.05, 4.69) is 18.3 Å². The second-order valence-electron chi connectivity index (χ2n) is 4.84. The molecule has 0 saturated heterocycles. The monoisotopic (exact) mass is 323 g/mol. The van der Waals surface area contributed by atoms with Crippen LogP contribution in [0, 0.1) is 0 Å². The lowest BCUT2D eigenvalue weighted by Gasteiger charge is -2.12. The number of benzene rings is 2. The highest BCUT2D eigenvalue weighted by Gasteiger charge is 2.11. The summed E-state index contributed by atoms with van der Waals surface area (Å²) < 4.78 is 5.39. The summed E-state index contributed by atoms with van der Waals surface area (Å²) in [6, 6.07) is 11.6. The molecule has 0 unspecified atom stereocenters. The average Bonchev–Trinajstić information content (AvgIpc) is 2.48. The smallest absolute Gasteiger partial charge is 0.126 e. The third-order valence-corrected chi connectivity index (χ3v) is 3.79. The van der Waals surface area contributed by atoms with E-state index in [0.717, 1.165) is 42.0 Å². The van der Waals surface area contributed by atoms with Crippen LogP contribution in [0.25, 0.3) is 11.1 Å². The fraction of sp³-hybridized carbons (Fsp3) is 0.294. The predicted molar refractivity (Wildman–Crippen MR) is 90.4 cm³/mol. The van der Waals surface area contributed by atoms with Crippen molar-refractivity contribution in [2.45, 2.75) is 19.9 Å². The normalized spacial score (nSPS) is 10.7. The average molecular weight is 324 g/mol. The predicted octanol–water partition coefficient (Wildman–Crippen LogP) is 5.17. The molecule has 0 atom stereocenters. The molecular formula is C17H19Cl2NO. The summed E-state index contributed by atoms with van der Waals surface area (Å²) in [6.45, 7) is 3.97. The minimum absolute atomic E-state index is 0.663.